The Morgan fingerprint density at radius 1 is 1.43 bits per heavy atom. The number of carbonyl (C=O) groups excluding carboxylic acids is 2. The van der Waals surface area contributed by atoms with E-state index in [0.29, 0.717) is 0 Å². The van der Waals surface area contributed by atoms with Gasteiger partial charge in [-0.3, -0.25) is 25.0 Å². The molecule has 21 heavy (non-hydrogen) atoms. The molecule has 0 radical (unpaired) electrons. The zero-order chi connectivity index (χ0) is 15.6. The number of halogens is 1. The summed E-state index contributed by atoms with van der Waals surface area (Å²) in [6, 6.07) is 3.95. The summed E-state index contributed by atoms with van der Waals surface area (Å²) in [5.41, 5.74) is -0.434. The second-order valence-corrected chi connectivity index (χ2v) is 5.20. The van der Waals surface area contributed by atoms with Gasteiger partial charge >= 0.3 is 0 Å². The number of thiazole rings is 1. The van der Waals surface area contributed by atoms with Gasteiger partial charge in [0.1, 0.15) is 11.3 Å². The number of hydrogen-bond donors (Lipinski definition) is 1. The fourth-order valence-corrected chi connectivity index (χ4v) is 2.54. The molecule has 9 heteroatoms. The monoisotopic (exact) mass is 325 g/mol. The highest BCUT2D eigenvalue weighted by Gasteiger charge is 2.24. The van der Waals surface area contributed by atoms with Gasteiger partial charge in [0, 0.05) is 18.4 Å². The van der Waals surface area contributed by atoms with Crippen LogP contribution in [0.5, 0.6) is 0 Å². The van der Waals surface area contributed by atoms with Crippen molar-refractivity contribution < 1.29 is 14.5 Å². The number of benzene rings is 1. The fourth-order valence-electron chi connectivity index (χ4n) is 1.54. The Morgan fingerprint density at radius 3 is 2.71 bits per heavy atom. The SMILES string of the molecule is CC(=O)c1csc(NC(=O)c2c(Cl)cccc2[N+](=O)[O-])n1. The van der Waals surface area contributed by atoms with Crippen molar-refractivity contribution >= 4 is 45.4 Å². The van der Waals surface area contributed by atoms with Gasteiger partial charge in [-0.25, -0.2) is 4.98 Å². The van der Waals surface area contributed by atoms with Crippen molar-refractivity contribution in [2.45, 2.75) is 6.92 Å². The predicted octanol–water partition coefficient (Wildman–Crippen LogP) is 3.16. The number of aromatic nitrogens is 1. The molecule has 0 saturated heterocycles. The lowest BCUT2D eigenvalue weighted by molar-refractivity contribution is -0.385. The predicted molar refractivity (Wildman–Crippen MR) is 78.2 cm³/mol. The first kappa shape index (κ1) is 15.1. The third-order valence-corrected chi connectivity index (χ3v) is 3.57. The van der Waals surface area contributed by atoms with E-state index in [2.05, 4.69) is 10.3 Å². The van der Waals surface area contributed by atoms with Crippen LogP contribution in [0.2, 0.25) is 5.02 Å². The summed E-state index contributed by atoms with van der Waals surface area (Å²) < 4.78 is 0. The Morgan fingerprint density at radius 2 is 2.14 bits per heavy atom. The van der Waals surface area contributed by atoms with Gasteiger partial charge in [0.15, 0.2) is 10.9 Å². The smallest absolute Gasteiger partial charge is 0.283 e. The van der Waals surface area contributed by atoms with Gasteiger partial charge in [0.05, 0.1) is 9.95 Å². The molecule has 7 nitrogen and oxygen atoms in total. The van der Waals surface area contributed by atoms with E-state index in [1.807, 2.05) is 0 Å². The Bertz CT molecular complexity index is 744. The Kier molecular flexibility index (Phi) is 4.29. The summed E-state index contributed by atoms with van der Waals surface area (Å²) in [5.74, 6) is -0.993. The van der Waals surface area contributed by atoms with Crippen molar-refractivity contribution in [3.05, 3.63) is 50.0 Å². The van der Waals surface area contributed by atoms with Crippen LogP contribution in [-0.2, 0) is 0 Å². The van der Waals surface area contributed by atoms with Crippen LogP contribution < -0.4 is 5.32 Å². The summed E-state index contributed by atoms with van der Waals surface area (Å²) in [5, 5.41) is 14.9. The quantitative estimate of drug-likeness (QED) is 0.528. The molecule has 0 bridgehead atoms. The standard InChI is InChI=1S/C12H8ClN3O4S/c1-6(17)8-5-21-12(14-8)15-11(18)10-7(13)3-2-4-9(10)16(19)20/h2-5H,1H3,(H,14,15,18). The number of amides is 1. The molecule has 0 aliphatic heterocycles. The van der Waals surface area contributed by atoms with Crippen LogP contribution in [0.4, 0.5) is 10.8 Å². The first-order chi connectivity index (χ1) is 9.90. The van der Waals surface area contributed by atoms with Crippen molar-refractivity contribution in [2.24, 2.45) is 0 Å². The Balaban J connectivity index is 2.32. The number of carbonyl (C=O) groups is 2. The molecular formula is C12H8ClN3O4S. The third kappa shape index (κ3) is 3.23. The number of hydrogen-bond acceptors (Lipinski definition) is 6. The molecule has 0 aliphatic rings. The Labute approximate surface area is 127 Å². The molecular weight excluding hydrogens is 318 g/mol. The van der Waals surface area contributed by atoms with Crippen molar-refractivity contribution in [3.8, 4) is 0 Å². The zero-order valence-electron chi connectivity index (χ0n) is 10.6. The minimum absolute atomic E-state index is 0.0370. The van der Waals surface area contributed by atoms with Gasteiger partial charge < -0.3 is 0 Å². The van der Waals surface area contributed by atoms with Crippen LogP contribution in [0, 0.1) is 10.1 Å². The highest BCUT2D eigenvalue weighted by atomic mass is 35.5. The van der Waals surface area contributed by atoms with Crippen LogP contribution in [0.1, 0.15) is 27.8 Å². The lowest BCUT2D eigenvalue weighted by Crippen LogP contribution is -2.14. The van der Waals surface area contributed by atoms with Gasteiger partial charge in [-0.2, -0.15) is 0 Å². The van der Waals surface area contributed by atoms with Gasteiger partial charge in [-0.15, -0.1) is 11.3 Å². The third-order valence-electron chi connectivity index (χ3n) is 2.50. The number of nitro benzene ring substituents is 1. The molecule has 1 aromatic carbocycles. The molecule has 0 spiro atoms. The van der Waals surface area contributed by atoms with Crippen molar-refractivity contribution in [2.75, 3.05) is 5.32 Å². The summed E-state index contributed by atoms with van der Waals surface area (Å²) in [6.07, 6.45) is 0. The largest absolute Gasteiger partial charge is 0.298 e. The van der Waals surface area contributed by atoms with E-state index in [4.69, 9.17) is 11.6 Å². The van der Waals surface area contributed by atoms with Crippen molar-refractivity contribution in [3.63, 3.8) is 0 Å². The number of ketones is 1. The van der Waals surface area contributed by atoms with Crippen molar-refractivity contribution in [1.82, 2.24) is 4.98 Å². The summed E-state index contributed by atoms with van der Waals surface area (Å²) in [4.78, 5) is 37.4. The Hall–Kier alpha value is -2.32. The second-order valence-electron chi connectivity index (χ2n) is 3.94. The van der Waals surface area contributed by atoms with Crippen LogP contribution in [0.3, 0.4) is 0 Å². The molecule has 0 saturated carbocycles. The minimum Gasteiger partial charge on any atom is -0.298 e. The van der Waals surface area contributed by atoms with E-state index in [1.54, 1.807) is 0 Å². The molecule has 2 aromatic rings. The molecule has 0 atom stereocenters. The number of anilines is 1. The minimum atomic E-state index is -0.753. The first-order valence-electron chi connectivity index (χ1n) is 5.61. The first-order valence-corrected chi connectivity index (χ1v) is 6.86. The second kappa shape index (κ2) is 5.98. The van der Waals surface area contributed by atoms with Gasteiger partial charge in [-0.05, 0) is 6.07 Å². The normalized spacial score (nSPS) is 10.2. The van der Waals surface area contributed by atoms with Crippen LogP contribution in [-0.4, -0.2) is 21.6 Å². The summed E-state index contributed by atoms with van der Waals surface area (Å²) in [6.45, 7) is 1.35. The van der Waals surface area contributed by atoms with Gasteiger partial charge in [-0.1, -0.05) is 17.7 Å². The molecule has 2 rings (SSSR count). The molecule has 0 unspecified atom stereocenters. The highest BCUT2D eigenvalue weighted by molar-refractivity contribution is 7.14. The van der Waals surface area contributed by atoms with E-state index < -0.39 is 16.5 Å². The molecule has 0 fully saturated rings. The summed E-state index contributed by atoms with van der Waals surface area (Å²) >= 11 is 6.90. The number of rotatable bonds is 4. The lowest BCUT2D eigenvalue weighted by atomic mass is 10.1. The number of nitro groups is 1. The summed E-state index contributed by atoms with van der Waals surface area (Å²) in [7, 11) is 0. The molecule has 1 amide bonds. The van der Waals surface area contributed by atoms with E-state index in [0.717, 1.165) is 11.3 Å². The molecule has 108 valence electrons. The van der Waals surface area contributed by atoms with Crippen LogP contribution in [0.25, 0.3) is 0 Å². The van der Waals surface area contributed by atoms with E-state index in [-0.39, 0.29) is 27.2 Å². The number of nitrogens with one attached hydrogen (secondary N) is 1. The van der Waals surface area contributed by atoms with E-state index in [9.17, 15) is 19.7 Å². The average molecular weight is 326 g/mol. The maximum absolute atomic E-state index is 12.1. The molecule has 1 heterocycles. The molecule has 1 aromatic heterocycles. The lowest BCUT2D eigenvalue weighted by Gasteiger charge is -2.04. The number of Topliss-reactive ketones (excluding diaryl/α,β-unsaturated/α-hetero) is 1. The topological polar surface area (TPSA) is 102 Å². The van der Waals surface area contributed by atoms with Crippen molar-refractivity contribution in [1.29, 1.82) is 0 Å². The fraction of sp³-hybridized carbons (Fsp3) is 0.0833. The average Bonchev–Trinajstić information content (AvgIpc) is 2.86. The van der Waals surface area contributed by atoms with E-state index in [1.165, 1.54) is 30.5 Å². The maximum atomic E-state index is 12.1. The molecule has 0 aliphatic carbocycles. The van der Waals surface area contributed by atoms with E-state index >= 15 is 0 Å². The highest BCUT2D eigenvalue weighted by Crippen LogP contribution is 2.27. The molecule has 1 N–H and O–H groups in total. The van der Waals surface area contributed by atoms with Crippen LogP contribution in [0.15, 0.2) is 23.6 Å². The zero-order valence-corrected chi connectivity index (χ0v) is 12.2. The van der Waals surface area contributed by atoms with Gasteiger partial charge in [0.2, 0.25) is 0 Å². The maximum Gasteiger partial charge on any atom is 0.283 e. The number of nitrogens with zero attached hydrogens (tertiary/aromatic N) is 2. The van der Waals surface area contributed by atoms with Gasteiger partial charge in [0.25, 0.3) is 11.6 Å². The van der Waals surface area contributed by atoms with Crippen LogP contribution >= 0.6 is 22.9 Å².